The minimum atomic E-state index is 0.257. The van der Waals surface area contributed by atoms with E-state index >= 15 is 0 Å². The number of hydrogen-bond acceptors (Lipinski definition) is 5. The van der Waals surface area contributed by atoms with E-state index in [-0.39, 0.29) is 5.91 Å². The molecule has 26 heavy (non-hydrogen) atoms. The van der Waals surface area contributed by atoms with Crippen LogP contribution >= 0.6 is 11.8 Å². The van der Waals surface area contributed by atoms with Crippen LogP contribution in [0.3, 0.4) is 0 Å². The van der Waals surface area contributed by atoms with E-state index in [0.29, 0.717) is 12.5 Å². The highest BCUT2D eigenvalue weighted by Gasteiger charge is 2.25. The highest BCUT2D eigenvalue weighted by molar-refractivity contribution is 7.99. The normalized spacial score (nSPS) is 20.1. The van der Waals surface area contributed by atoms with Crippen LogP contribution in [0.2, 0.25) is 0 Å². The van der Waals surface area contributed by atoms with Crippen LogP contribution in [0.4, 0.5) is 0 Å². The van der Waals surface area contributed by atoms with Crippen molar-refractivity contribution in [2.75, 3.05) is 12.8 Å². The van der Waals surface area contributed by atoms with E-state index in [4.69, 9.17) is 0 Å². The summed E-state index contributed by atoms with van der Waals surface area (Å²) in [5, 5.41) is 12.7. The number of thioether (sulfide) groups is 1. The molecule has 0 bridgehead atoms. The molecule has 1 aliphatic rings. The quantitative estimate of drug-likeness (QED) is 0.548. The lowest BCUT2D eigenvalue weighted by atomic mass is 9.86. The largest absolute Gasteiger partial charge is 0.343 e. The van der Waals surface area contributed by atoms with E-state index < -0.39 is 0 Å². The maximum atomic E-state index is 12.5. The number of rotatable bonds is 7. The van der Waals surface area contributed by atoms with E-state index in [9.17, 15) is 4.79 Å². The number of carbonyl (C=O) groups is 1. The summed E-state index contributed by atoms with van der Waals surface area (Å²) in [6.07, 6.45) is 6.24. The first kappa shape index (κ1) is 18.9. The summed E-state index contributed by atoms with van der Waals surface area (Å²) in [5.41, 5.74) is 0.947. The van der Waals surface area contributed by atoms with Crippen LogP contribution in [0, 0.1) is 5.92 Å². The average molecular weight is 374 g/mol. The van der Waals surface area contributed by atoms with Gasteiger partial charge >= 0.3 is 0 Å². The first-order valence-electron chi connectivity index (χ1n) is 9.37. The van der Waals surface area contributed by atoms with Gasteiger partial charge in [0.2, 0.25) is 11.1 Å². The second-order valence-corrected chi connectivity index (χ2v) is 8.15. The van der Waals surface area contributed by atoms with Gasteiger partial charge in [0.25, 0.3) is 0 Å². The van der Waals surface area contributed by atoms with Gasteiger partial charge in [-0.05, 0) is 47.7 Å². The van der Waals surface area contributed by atoms with Gasteiger partial charge in [-0.3, -0.25) is 4.79 Å². The van der Waals surface area contributed by atoms with E-state index in [2.05, 4.69) is 22.4 Å². The summed E-state index contributed by atoms with van der Waals surface area (Å²) in [5.74, 6) is 1.82. The molecule has 1 heterocycles. The molecule has 0 aliphatic heterocycles. The number of hydrogen-bond donors (Lipinski definition) is 0. The Balaban J connectivity index is 1.45. The molecule has 1 amide bonds. The molecule has 0 N–H and O–H groups in total. The van der Waals surface area contributed by atoms with E-state index in [1.54, 1.807) is 16.4 Å². The van der Waals surface area contributed by atoms with Crippen LogP contribution in [0.25, 0.3) is 5.69 Å². The standard InChI is InChI=1S/C19H27N5OS/c1-15-8-6-11-17(14-15)23(2)18(25)12-7-13-26-19-20-21-22-24(19)16-9-4-3-5-10-16/h3-5,9-10,15,17H,6-8,11-14H2,1-2H3. The minimum absolute atomic E-state index is 0.257. The molecular weight excluding hydrogens is 346 g/mol. The van der Waals surface area contributed by atoms with Crippen molar-refractivity contribution in [3.05, 3.63) is 30.3 Å². The SMILES string of the molecule is CC1CCCC(N(C)C(=O)CCCSc2nnnn2-c2ccccc2)C1. The van der Waals surface area contributed by atoms with E-state index in [1.807, 2.05) is 42.3 Å². The summed E-state index contributed by atoms with van der Waals surface area (Å²) < 4.78 is 1.74. The van der Waals surface area contributed by atoms with Crippen LogP contribution in [0.15, 0.2) is 35.5 Å². The van der Waals surface area contributed by atoms with E-state index in [0.717, 1.165) is 41.8 Å². The average Bonchev–Trinajstić information content (AvgIpc) is 3.13. The maximum absolute atomic E-state index is 12.5. The number of benzene rings is 1. The molecule has 1 aromatic heterocycles. The summed E-state index contributed by atoms with van der Waals surface area (Å²) >= 11 is 1.59. The number of amides is 1. The van der Waals surface area contributed by atoms with Gasteiger partial charge in [0.05, 0.1) is 5.69 Å². The molecular formula is C19H27N5OS. The third-order valence-electron chi connectivity index (χ3n) is 5.06. The topological polar surface area (TPSA) is 63.9 Å². The van der Waals surface area contributed by atoms with Crippen LogP contribution < -0.4 is 0 Å². The number of tetrazole rings is 1. The summed E-state index contributed by atoms with van der Waals surface area (Å²) in [4.78, 5) is 14.5. The Morgan fingerprint density at radius 2 is 2.12 bits per heavy atom. The lowest BCUT2D eigenvalue weighted by Gasteiger charge is -2.34. The molecule has 1 aromatic carbocycles. The van der Waals surface area contributed by atoms with Crippen molar-refractivity contribution in [1.29, 1.82) is 0 Å². The Morgan fingerprint density at radius 1 is 1.31 bits per heavy atom. The molecule has 0 spiro atoms. The number of aromatic nitrogens is 4. The Hall–Kier alpha value is -1.89. The van der Waals surface area contributed by atoms with E-state index in [1.165, 1.54) is 12.8 Å². The summed E-state index contributed by atoms with van der Waals surface area (Å²) in [6.45, 7) is 2.29. The lowest BCUT2D eigenvalue weighted by Crippen LogP contribution is -2.39. The summed E-state index contributed by atoms with van der Waals surface area (Å²) in [7, 11) is 1.97. The number of para-hydroxylation sites is 1. The molecule has 0 radical (unpaired) electrons. The second-order valence-electron chi connectivity index (χ2n) is 7.09. The molecule has 1 saturated carbocycles. The first-order chi connectivity index (χ1) is 12.6. The van der Waals surface area contributed by atoms with Crippen molar-refractivity contribution < 1.29 is 4.79 Å². The van der Waals surface area contributed by atoms with Crippen molar-refractivity contribution in [1.82, 2.24) is 25.1 Å². The number of nitrogens with zero attached hydrogens (tertiary/aromatic N) is 5. The Labute approximate surface area is 159 Å². The Bertz CT molecular complexity index is 705. The molecule has 7 heteroatoms. The molecule has 1 fully saturated rings. The van der Waals surface area contributed by atoms with Gasteiger partial charge in [-0.2, -0.15) is 4.68 Å². The maximum Gasteiger partial charge on any atom is 0.222 e. The molecule has 3 rings (SSSR count). The van der Waals surface area contributed by atoms with Crippen molar-refractivity contribution in [3.63, 3.8) is 0 Å². The zero-order valence-corrected chi connectivity index (χ0v) is 16.4. The van der Waals surface area contributed by atoms with Gasteiger partial charge in [-0.25, -0.2) is 0 Å². The van der Waals surface area contributed by atoms with Gasteiger partial charge in [-0.15, -0.1) is 5.10 Å². The number of carbonyl (C=O) groups excluding carboxylic acids is 1. The second kappa shape index (κ2) is 9.16. The third kappa shape index (κ3) is 4.84. The van der Waals surface area contributed by atoms with Crippen LogP contribution in [-0.2, 0) is 4.79 Å². The molecule has 6 nitrogen and oxygen atoms in total. The third-order valence-corrected chi connectivity index (χ3v) is 6.06. The predicted octanol–water partition coefficient (Wildman–Crippen LogP) is 3.57. The molecule has 140 valence electrons. The molecule has 1 aliphatic carbocycles. The smallest absolute Gasteiger partial charge is 0.222 e. The van der Waals surface area contributed by atoms with Crippen LogP contribution in [0.1, 0.15) is 45.4 Å². The van der Waals surface area contributed by atoms with Crippen LogP contribution in [-0.4, -0.2) is 49.9 Å². The highest BCUT2D eigenvalue weighted by atomic mass is 32.2. The van der Waals surface area contributed by atoms with Crippen molar-refractivity contribution in [3.8, 4) is 5.69 Å². The predicted molar refractivity (Wildman–Crippen MR) is 103 cm³/mol. The lowest BCUT2D eigenvalue weighted by molar-refractivity contribution is -0.132. The fourth-order valence-electron chi connectivity index (χ4n) is 3.52. The fourth-order valence-corrected chi connectivity index (χ4v) is 4.35. The van der Waals surface area contributed by atoms with Gasteiger partial charge in [0, 0.05) is 25.3 Å². The fraction of sp³-hybridized carbons (Fsp3) is 0.579. The van der Waals surface area contributed by atoms with Crippen molar-refractivity contribution >= 4 is 17.7 Å². The minimum Gasteiger partial charge on any atom is -0.343 e. The summed E-state index contributed by atoms with van der Waals surface area (Å²) in [6, 6.07) is 10.3. The highest BCUT2D eigenvalue weighted by Crippen LogP contribution is 2.27. The zero-order valence-electron chi connectivity index (χ0n) is 15.5. The molecule has 0 saturated heterocycles. The molecule has 2 unspecified atom stereocenters. The van der Waals surface area contributed by atoms with Gasteiger partial charge < -0.3 is 4.90 Å². The first-order valence-corrected chi connectivity index (χ1v) is 10.4. The molecule has 2 atom stereocenters. The Morgan fingerprint density at radius 3 is 2.88 bits per heavy atom. The molecule has 2 aromatic rings. The van der Waals surface area contributed by atoms with Gasteiger partial charge in [-0.1, -0.05) is 49.7 Å². The van der Waals surface area contributed by atoms with Crippen molar-refractivity contribution in [2.45, 2.75) is 56.6 Å². The van der Waals surface area contributed by atoms with Crippen LogP contribution in [0.5, 0.6) is 0 Å². The monoisotopic (exact) mass is 373 g/mol. The van der Waals surface area contributed by atoms with Crippen molar-refractivity contribution in [2.24, 2.45) is 5.92 Å². The van der Waals surface area contributed by atoms with Gasteiger partial charge in [0.1, 0.15) is 0 Å². The van der Waals surface area contributed by atoms with Gasteiger partial charge in [0.15, 0.2) is 0 Å². The zero-order chi connectivity index (χ0) is 18.4. The Kier molecular flexibility index (Phi) is 6.66.